The molecule has 0 atom stereocenters. The smallest absolute Gasteiger partial charge is 0.240 e. The molecule has 0 bridgehead atoms. The average molecular weight is 425 g/mol. The molecule has 5 heteroatoms. The highest BCUT2D eigenvalue weighted by atomic mass is 32.2. The summed E-state index contributed by atoms with van der Waals surface area (Å²) in [6.45, 7) is 2.77. The van der Waals surface area contributed by atoms with E-state index in [9.17, 15) is 8.42 Å². The number of unbranched alkanes of at least 4 members (excludes halogenated alkanes) is 15. The number of rotatable bonds is 19. The SMILES string of the molecule is CCCCCCCCCCCCCCCCCCNS(=O)(=O)c1cccc(N)c1. The molecule has 0 radical (unpaired) electrons. The number of nitrogens with two attached hydrogens (primary N) is 1. The summed E-state index contributed by atoms with van der Waals surface area (Å²) in [7, 11) is -3.43. The second-order valence-corrected chi connectivity index (χ2v) is 10.0. The summed E-state index contributed by atoms with van der Waals surface area (Å²) in [4.78, 5) is 0.244. The fraction of sp³-hybridized carbons (Fsp3) is 0.750. The minimum atomic E-state index is -3.43. The Labute approximate surface area is 180 Å². The first-order chi connectivity index (χ1) is 14.1. The Morgan fingerprint density at radius 1 is 0.724 bits per heavy atom. The summed E-state index contributed by atoms with van der Waals surface area (Å²) < 4.78 is 27.0. The van der Waals surface area contributed by atoms with Gasteiger partial charge in [-0.25, -0.2) is 13.1 Å². The number of anilines is 1. The molecule has 168 valence electrons. The lowest BCUT2D eigenvalue weighted by molar-refractivity contribution is 0.528. The van der Waals surface area contributed by atoms with Crippen molar-refractivity contribution in [2.45, 2.75) is 115 Å². The van der Waals surface area contributed by atoms with Crippen LogP contribution >= 0.6 is 0 Å². The minimum absolute atomic E-state index is 0.244. The summed E-state index contributed by atoms with van der Waals surface area (Å²) in [6.07, 6.45) is 21.1. The number of hydrogen-bond donors (Lipinski definition) is 2. The topological polar surface area (TPSA) is 72.2 Å². The van der Waals surface area contributed by atoms with Gasteiger partial charge in [-0.1, -0.05) is 109 Å². The number of nitrogens with one attached hydrogen (secondary N) is 1. The Balaban J connectivity index is 1.87. The highest BCUT2D eigenvalue weighted by Gasteiger charge is 2.12. The van der Waals surface area contributed by atoms with E-state index in [-0.39, 0.29) is 4.90 Å². The molecule has 0 aliphatic rings. The summed E-state index contributed by atoms with van der Waals surface area (Å²) in [5.41, 5.74) is 6.13. The monoisotopic (exact) mass is 424 g/mol. The van der Waals surface area contributed by atoms with Crippen molar-refractivity contribution in [3.05, 3.63) is 24.3 Å². The van der Waals surface area contributed by atoms with Gasteiger partial charge in [0, 0.05) is 12.2 Å². The quantitative estimate of drug-likeness (QED) is 0.189. The van der Waals surface area contributed by atoms with Crippen molar-refractivity contribution in [2.24, 2.45) is 0 Å². The van der Waals surface area contributed by atoms with Crippen LogP contribution in [0.1, 0.15) is 110 Å². The van der Waals surface area contributed by atoms with Gasteiger partial charge in [-0.2, -0.15) is 0 Å². The van der Waals surface area contributed by atoms with Crippen molar-refractivity contribution in [3.8, 4) is 0 Å². The van der Waals surface area contributed by atoms with Crippen molar-refractivity contribution >= 4 is 15.7 Å². The van der Waals surface area contributed by atoms with Crippen LogP contribution in [-0.2, 0) is 10.0 Å². The van der Waals surface area contributed by atoms with E-state index in [4.69, 9.17) is 5.73 Å². The summed E-state index contributed by atoms with van der Waals surface area (Å²) in [5.74, 6) is 0. The number of sulfonamides is 1. The zero-order chi connectivity index (χ0) is 21.2. The lowest BCUT2D eigenvalue weighted by Crippen LogP contribution is -2.24. The van der Waals surface area contributed by atoms with Crippen LogP contribution in [0.4, 0.5) is 5.69 Å². The van der Waals surface area contributed by atoms with Gasteiger partial charge in [-0.3, -0.25) is 0 Å². The van der Waals surface area contributed by atoms with Crippen LogP contribution in [0.2, 0.25) is 0 Å². The highest BCUT2D eigenvalue weighted by Crippen LogP contribution is 2.14. The Morgan fingerprint density at radius 3 is 1.62 bits per heavy atom. The molecule has 0 fully saturated rings. The first-order valence-corrected chi connectivity index (χ1v) is 13.4. The molecule has 0 aliphatic carbocycles. The first-order valence-electron chi connectivity index (χ1n) is 11.9. The first kappa shape index (κ1) is 26.0. The molecule has 29 heavy (non-hydrogen) atoms. The second-order valence-electron chi connectivity index (χ2n) is 8.27. The molecular weight excluding hydrogens is 380 g/mol. The van der Waals surface area contributed by atoms with E-state index in [1.54, 1.807) is 18.2 Å². The molecule has 1 aromatic carbocycles. The predicted octanol–water partition coefficient (Wildman–Crippen LogP) is 6.81. The molecule has 1 aromatic rings. The second kappa shape index (κ2) is 16.7. The van der Waals surface area contributed by atoms with Crippen LogP contribution in [0.15, 0.2) is 29.2 Å². The van der Waals surface area contributed by atoms with Gasteiger partial charge in [0.15, 0.2) is 0 Å². The van der Waals surface area contributed by atoms with E-state index in [1.807, 2.05) is 0 Å². The van der Waals surface area contributed by atoms with Crippen molar-refractivity contribution in [3.63, 3.8) is 0 Å². The van der Waals surface area contributed by atoms with Gasteiger partial charge in [-0.15, -0.1) is 0 Å². The van der Waals surface area contributed by atoms with Gasteiger partial charge in [0.1, 0.15) is 0 Å². The van der Waals surface area contributed by atoms with E-state index in [1.165, 1.54) is 96.0 Å². The highest BCUT2D eigenvalue weighted by molar-refractivity contribution is 7.89. The van der Waals surface area contributed by atoms with E-state index in [0.717, 1.165) is 12.8 Å². The van der Waals surface area contributed by atoms with Crippen LogP contribution in [0.5, 0.6) is 0 Å². The van der Waals surface area contributed by atoms with E-state index in [2.05, 4.69) is 11.6 Å². The van der Waals surface area contributed by atoms with Crippen molar-refractivity contribution in [2.75, 3.05) is 12.3 Å². The number of benzene rings is 1. The lowest BCUT2D eigenvalue weighted by Gasteiger charge is -2.07. The van der Waals surface area contributed by atoms with Crippen LogP contribution in [0.3, 0.4) is 0 Å². The van der Waals surface area contributed by atoms with E-state index < -0.39 is 10.0 Å². The molecule has 0 aromatic heterocycles. The Morgan fingerprint density at radius 2 is 1.17 bits per heavy atom. The molecule has 0 aliphatic heterocycles. The normalized spacial score (nSPS) is 11.8. The van der Waals surface area contributed by atoms with Gasteiger partial charge >= 0.3 is 0 Å². The largest absolute Gasteiger partial charge is 0.399 e. The van der Waals surface area contributed by atoms with Gasteiger partial charge in [0.2, 0.25) is 10.0 Å². The fourth-order valence-electron chi connectivity index (χ4n) is 3.64. The third-order valence-corrected chi connectivity index (χ3v) is 6.95. The molecule has 1 rings (SSSR count). The lowest BCUT2D eigenvalue weighted by atomic mass is 10.0. The third-order valence-electron chi connectivity index (χ3n) is 5.49. The standard InChI is InChI=1S/C24H44N2O2S/c1-2-3-4-5-6-7-8-9-10-11-12-13-14-15-16-17-21-26-29(27,28)24-20-18-19-23(25)22-24/h18-20,22,26H,2-17,21,25H2,1H3. The van der Waals surface area contributed by atoms with Gasteiger partial charge in [0.25, 0.3) is 0 Å². The van der Waals surface area contributed by atoms with Gasteiger partial charge < -0.3 is 5.73 Å². The number of hydrogen-bond acceptors (Lipinski definition) is 3. The average Bonchev–Trinajstić information content (AvgIpc) is 2.70. The van der Waals surface area contributed by atoms with Crippen molar-refractivity contribution in [1.29, 1.82) is 0 Å². The zero-order valence-corrected chi connectivity index (χ0v) is 19.4. The summed E-state index contributed by atoms with van der Waals surface area (Å²) in [6, 6.07) is 6.43. The Hall–Kier alpha value is -1.07. The fourth-order valence-corrected chi connectivity index (χ4v) is 4.77. The van der Waals surface area contributed by atoms with Crippen LogP contribution in [0, 0.1) is 0 Å². The maximum absolute atomic E-state index is 12.2. The molecule has 0 spiro atoms. The predicted molar refractivity (Wildman–Crippen MR) is 126 cm³/mol. The molecule has 0 saturated carbocycles. The molecular formula is C24H44N2O2S. The molecule has 0 unspecified atom stereocenters. The zero-order valence-electron chi connectivity index (χ0n) is 18.6. The van der Waals surface area contributed by atoms with Crippen LogP contribution < -0.4 is 10.5 Å². The molecule has 0 heterocycles. The minimum Gasteiger partial charge on any atom is -0.399 e. The third kappa shape index (κ3) is 13.7. The van der Waals surface area contributed by atoms with Crippen LogP contribution in [-0.4, -0.2) is 15.0 Å². The molecule has 3 N–H and O–H groups in total. The van der Waals surface area contributed by atoms with Crippen LogP contribution in [0.25, 0.3) is 0 Å². The Kier molecular flexibility index (Phi) is 15.0. The summed E-state index contributed by atoms with van der Waals surface area (Å²) >= 11 is 0. The van der Waals surface area contributed by atoms with Crippen molar-refractivity contribution < 1.29 is 8.42 Å². The number of nitrogen functional groups attached to an aromatic ring is 1. The van der Waals surface area contributed by atoms with E-state index in [0.29, 0.717) is 12.2 Å². The molecule has 0 amide bonds. The molecule has 0 saturated heterocycles. The molecule has 4 nitrogen and oxygen atoms in total. The van der Waals surface area contributed by atoms with Gasteiger partial charge in [0.05, 0.1) is 4.90 Å². The van der Waals surface area contributed by atoms with Crippen molar-refractivity contribution in [1.82, 2.24) is 4.72 Å². The van der Waals surface area contributed by atoms with E-state index >= 15 is 0 Å². The summed E-state index contributed by atoms with van der Waals surface area (Å²) in [5, 5.41) is 0. The maximum atomic E-state index is 12.2. The Bertz CT molecular complexity index is 617. The maximum Gasteiger partial charge on any atom is 0.240 e. The van der Waals surface area contributed by atoms with Gasteiger partial charge in [-0.05, 0) is 24.6 Å².